The second kappa shape index (κ2) is 9.14. The van der Waals surface area contributed by atoms with Crippen molar-refractivity contribution in [3.63, 3.8) is 0 Å². The minimum absolute atomic E-state index is 0. The first kappa shape index (κ1) is 21.4. The van der Waals surface area contributed by atoms with Crippen molar-refractivity contribution in [2.24, 2.45) is 0 Å². The highest BCUT2D eigenvalue weighted by Gasteiger charge is 2.28. The molecule has 1 heterocycles. The molecule has 0 radical (unpaired) electrons. The van der Waals surface area contributed by atoms with E-state index in [0.717, 1.165) is 23.4 Å². The Balaban J connectivity index is 0.00000312. The first-order valence-electron chi connectivity index (χ1n) is 8.69. The molecule has 3 nitrogen and oxygen atoms in total. The van der Waals surface area contributed by atoms with Gasteiger partial charge in [-0.05, 0) is 40.2 Å². The molecule has 0 unspecified atom stereocenters. The summed E-state index contributed by atoms with van der Waals surface area (Å²) in [6, 6.07) is 12.7. The van der Waals surface area contributed by atoms with Gasteiger partial charge in [0.05, 0.1) is 0 Å². The van der Waals surface area contributed by atoms with Crippen molar-refractivity contribution in [3.05, 3.63) is 65.0 Å². The molecule has 0 aliphatic carbocycles. The van der Waals surface area contributed by atoms with Crippen LogP contribution in [0.2, 0.25) is 0 Å². The topological polar surface area (TPSA) is 24.2 Å². The van der Waals surface area contributed by atoms with E-state index in [1.807, 2.05) is 43.0 Å². The number of aromatic nitrogens is 1. The number of amides is 1. The summed E-state index contributed by atoms with van der Waals surface area (Å²) < 4.78 is 2.16. The highest BCUT2D eigenvalue weighted by Crippen LogP contribution is 2.17. The van der Waals surface area contributed by atoms with Crippen LogP contribution >= 0.6 is 0 Å². The third-order valence-electron chi connectivity index (χ3n) is 4.45. The number of hydrogen-bond acceptors (Lipinski definition) is 1. The minimum Gasteiger partial charge on any atom is -1.00 e. The van der Waals surface area contributed by atoms with Crippen LogP contribution in [-0.4, -0.2) is 22.9 Å². The summed E-state index contributed by atoms with van der Waals surface area (Å²) in [5, 5.41) is 0. The maximum Gasteiger partial charge on any atom is 0.260 e. The van der Waals surface area contributed by atoms with Gasteiger partial charge in [-0.3, -0.25) is 4.79 Å². The zero-order valence-electron chi connectivity index (χ0n) is 16.1. The fourth-order valence-corrected chi connectivity index (χ4v) is 3.30. The van der Waals surface area contributed by atoms with E-state index >= 15 is 0 Å². The van der Waals surface area contributed by atoms with Crippen molar-refractivity contribution >= 4 is 5.91 Å². The zero-order chi connectivity index (χ0) is 17.9. The van der Waals surface area contributed by atoms with Gasteiger partial charge in [-0.15, -0.1) is 0 Å². The van der Waals surface area contributed by atoms with Crippen molar-refractivity contribution in [2.45, 2.75) is 60.2 Å². The average molecular weight is 405 g/mol. The molecule has 0 bridgehead atoms. The Morgan fingerprint density at radius 1 is 1.00 bits per heavy atom. The number of rotatable bonds is 5. The van der Waals surface area contributed by atoms with Crippen molar-refractivity contribution in [1.29, 1.82) is 0 Å². The van der Waals surface area contributed by atoms with Crippen LogP contribution in [-0.2, 0) is 6.54 Å². The lowest BCUT2D eigenvalue weighted by molar-refractivity contribution is -0.694. The smallest absolute Gasteiger partial charge is 0.260 e. The van der Waals surface area contributed by atoms with Gasteiger partial charge in [0.15, 0.2) is 18.4 Å². The summed E-state index contributed by atoms with van der Waals surface area (Å²) in [4.78, 5) is 15.1. The Kier molecular flexibility index (Phi) is 7.81. The van der Waals surface area contributed by atoms with Crippen LogP contribution in [0.1, 0.15) is 54.9 Å². The van der Waals surface area contributed by atoms with E-state index in [-0.39, 0.29) is 35.0 Å². The Hall–Kier alpha value is -1.68. The number of carbonyl (C=O) groups excluding carboxylic acids is 1. The predicted molar refractivity (Wildman–Crippen MR) is 98.1 cm³/mol. The zero-order valence-corrected chi connectivity index (χ0v) is 17.7. The van der Waals surface area contributed by atoms with Crippen molar-refractivity contribution in [3.8, 4) is 0 Å². The van der Waals surface area contributed by atoms with Gasteiger partial charge in [-0.25, -0.2) is 0 Å². The van der Waals surface area contributed by atoms with E-state index in [9.17, 15) is 4.79 Å². The molecule has 1 amide bonds. The molecule has 0 aliphatic heterocycles. The molecule has 1 aromatic carbocycles. The van der Waals surface area contributed by atoms with Crippen LogP contribution in [0.25, 0.3) is 0 Å². The first-order chi connectivity index (χ1) is 11.3. The number of hydrogen-bond donors (Lipinski definition) is 0. The Bertz CT molecular complexity index is 703. The maximum atomic E-state index is 13.2. The summed E-state index contributed by atoms with van der Waals surface area (Å²) in [5.74, 6) is 0.123. The van der Waals surface area contributed by atoms with Crippen LogP contribution in [0.5, 0.6) is 0 Å². The second-order valence-electron chi connectivity index (χ2n) is 6.97. The molecule has 0 saturated carbocycles. The van der Waals surface area contributed by atoms with Gasteiger partial charge in [0, 0.05) is 30.6 Å². The van der Waals surface area contributed by atoms with E-state index < -0.39 is 0 Å². The van der Waals surface area contributed by atoms with Gasteiger partial charge in [-0.2, -0.15) is 4.57 Å². The third kappa shape index (κ3) is 4.91. The lowest BCUT2D eigenvalue weighted by Crippen LogP contribution is -3.00. The summed E-state index contributed by atoms with van der Waals surface area (Å²) in [7, 11) is 0. The quantitative estimate of drug-likeness (QED) is 0.679. The van der Waals surface area contributed by atoms with Crippen molar-refractivity contribution in [1.82, 2.24) is 4.90 Å². The van der Waals surface area contributed by atoms with Crippen LogP contribution < -0.4 is 21.5 Å². The monoisotopic (exact) mass is 404 g/mol. The summed E-state index contributed by atoms with van der Waals surface area (Å²) in [5.41, 5.74) is 4.12. The van der Waals surface area contributed by atoms with E-state index in [0.29, 0.717) is 0 Å². The number of pyridine rings is 1. The summed E-state index contributed by atoms with van der Waals surface area (Å²) >= 11 is 0. The molecule has 25 heavy (non-hydrogen) atoms. The molecule has 136 valence electrons. The van der Waals surface area contributed by atoms with Crippen LogP contribution in [0, 0.1) is 13.8 Å². The molecule has 1 aromatic heterocycles. The largest absolute Gasteiger partial charge is 1.00 e. The van der Waals surface area contributed by atoms with Gasteiger partial charge in [0.2, 0.25) is 0 Å². The van der Waals surface area contributed by atoms with Crippen LogP contribution in [0.15, 0.2) is 42.6 Å². The number of carbonyl (C=O) groups is 1. The van der Waals surface area contributed by atoms with E-state index in [4.69, 9.17) is 0 Å². The summed E-state index contributed by atoms with van der Waals surface area (Å²) in [6.45, 7) is 13.1. The molecule has 0 saturated heterocycles. The molecular weight excluding hydrogens is 376 g/mol. The lowest BCUT2D eigenvalue weighted by atomic mass is 10.0. The van der Waals surface area contributed by atoms with Gasteiger partial charge < -0.3 is 21.9 Å². The van der Waals surface area contributed by atoms with E-state index in [1.54, 1.807) is 0 Å². The number of aryl methyl sites for hydroxylation is 1. The number of halogens is 1. The predicted octanol–water partition coefficient (Wildman–Crippen LogP) is 0.902. The third-order valence-corrected chi connectivity index (χ3v) is 4.45. The maximum absolute atomic E-state index is 13.2. The molecular formula is C21H29BrN2O. The SMILES string of the molecule is Cc1cc[n+](Cc2ccccc2)c(C)c1C(=O)N(C(C)C)C(C)C.[Br-]. The molecule has 0 fully saturated rings. The minimum atomic E-state index is 0. The van der Waals surface area contributed by atoms with Gasteiger partial charge in [0.1, 0.15) is 5.56 Å². The molecule has 0 aliphatic rings. The highest BCUT2D eigenvalue weighted by atomic mass is 79.9. The van der Waals surface area contributed by atoms with Gasteiger partial charge in [0.25, 0.3) is 5.91 Å². The molecule has 4 heteroatoms. The van der Waals surface area contributed by atoms with Crippen LogP contribution in [0.3, 0.4) is 0 Å². The molecule has 0 spiro atoms. The Morgan fingerprint density at radius 2 is 1.56 bits per heavy atom. The first-order valence-corrected chi connectivity index (χ1v) is 8.69. The van der Waals surface area contributed by atoms with Crippen molar-refractivity contribution in [2.75, 3.05) is 0 Å². The number of nitrogens with zero attached hydrogens (tertiary/aromatic N) is 2. The molecule has 2 rings (SSSR count). The fraction of sp³-hybridized carbons (Fsp3) is 0.429. The lowest BCUT2D eigenvalue weighted by Gasteiger charge is -2.31. The normalized spacial score (nSPS) is 10.7. The average Bonchev–Trinajstić information content (AvgIpc) is 2.50. The standard InChI is InChI=1S/C21H29N2O.BrH/c1-15(2)23(16(3)4)21(24)20-17(5)12-13-22(18(20)6)14-19-10-8-7-9-11-19;/h7-13,15-16H,14H2,1-6H3;1H/q+1;/p-1. The highest BCUT2D eigenvalue weighted by molar-refractivity contribution is 5.96. The number of benzene rings is 1. The molecule has 2 aromatic rings. The van der Waals surface area contributed by atoms with Gasteiger partial charge in [-0.1, -0.05) is 30.3 Å². The van der Waals surface area contributed by atoms with Gasteiger partial charge >= 0.3 is 0 Å². The Labute approximate surface area is 162 Å². The summed E-state index contributed by atoms with van der Waals surface area (Å²) in [6.07, 6.45) is 2.07. The van der Waals surface area contributed by atoms with Crippen LogP contribution in [0.4, 0.5) is 0 Å². The molecule has 0 atom stereocenters. The fourth-order valence-electron chi connectivity index (χ4n) is 3.30. The second-order valence-corrected chi connectivity index (χ2v) is 6.97. The Morgan fingerprint density at radius 3 is 2.08 bits per heavy atom. The van der Waals surface area contributed by atoms with Crippen molar-refractivity contribution < 1.29 is 26.3 Å². The van der Waals surface area contributed by atoms with E-state index in [1.165, 1.54) is 5.56 Å². The van der Waals surface area contributed by atoms with E-state index in [2.05, 4.69) is 50.6 Å². The molecule has 0 N–H and O–H groups in total.